The average Bonchev–Trinajstić information content (AvgIpc) is 2.02. The molecular weight excluding hydrogens is 182 g/mol. The molecule has 0 spiro atoms. The van der Waals surface area contributed by atoms with Crippen LogP contribution in [-0.4, -0.2) is 42.9 Å². The molecule has 0 heterocycles. The summed E-state index contributed by atoms with van der Waals surface area (Å²) >= 11 is 0. The molecule has 0 radical (unpaired) electrons. The molecule has 14 heavy (non-hydrogen) atoms. The van der Waals surface area contributed by atoms with Crippen molar-refractivity contribution in [3.63, 3.8) is 0 Å². The van der Waals surface area contributed by atoms with Crippen molar-refractivity contribution >= 4 is 11.8 Å². The van der Waals surface area contributed by atoms with Gasteiger partial charge in [-0.2, -0.15) is 0 Å². The molecule has 0 aliphatic carbocycles. The summed E-state index contributed by atoms with van der Waals surface area (Å²) in [7, 11) is 1.96. The SMILES string of the molecule is CC(=O)CC(=O)OCCN(C)C(C)C. The first kappa shape index (κ1) is 13.1. The molecule has 0 fully saturated rings. The highest BCUT2D eigenvalue weighted by molar-refractivity contribution is 5.94. The largest absolute Gasteiger partial charge is 0.464 e. The number of carbonyl (C=O) groups excluding carboxylic acids is 2. The first-order valence-electron chi connectivity index (χ1n) is 4.78. The van der Waals surface area contributed by atoms with Crippen molar-refractivity contribution in [2.45, 2.75) is 33.2 Å². The van der Waals surface area contributed by atoms with Gasteiger partial charge in [0, 0.05) is 12.6 Å². The molecule has 0 atom stereocenters. The van der Waals surface area contributed by atoms with Gasteiger partial charge in [0.2, 0.25) is 0 Å². The minimum Gasteiger partial charge on any atom is -0.464 e. The fourth-order valence-electron chi connectivity index (χ4n) is 0.816. The molecule has 0 N–H and O–H groups in total. The fourth-order valence-corrected chi connectivity index (χ4v) is 0.816. The van der Waals surface area contributed by atoms with Crippen LogP contribution >= 0.6 is 0 Å². The molecule has 82 valence electrons. The molecule has 0 amide bonds. The van der Waals surface area contributed by atoms with Crippen LogP contribution in [-0.2, 0) is 14.3 Å². The summed E-state index contributed by atoms with van der Waals surface area (Å²) in [6.45, 7) is 6.55. The molecule has 4 nitrogen and oxygen atoms in total. The van der Waals surface area contributed by atoms with Crippen LogP contribution in [0.2, 0.25) is 0 Å². The van der Waals surface area contributed by atoms with E-state index in [0.717, 1.165) is 0 Å². The van der Waals surface area contributed by atoms with Gasteiger partial charge in [-0.05, 0) is 27.8 Å². The molecule has 0 saturated heterocycles. The molecule has 0 aromatic rings. The highest BCUT2D eigenvalue weighted by Crippen LogP contribution is 1.94. The Morgan fingerprint density at radius 3 is 2.36 bits per heavy atom. The number of likely N-dealkylation sites (N-methyl/N-ethyl adjacent to an activating group) is 1. The summed E-state index contributed by atoms with van der Waals surface area (Å²) in [4.78, 5) is 23.6. The number of hydrogen-bond acceptors (Lipinski definition) is 4. The monoisotopic (exact) mass is 201 g/mol. The number of carbonyl (C=O) groups is 2. The lowest BCUT2D eigenvalue weighted by Crippen LogP contribution is -2.30. The van der Waals surface area contributed by atoms with Gasteiger partial charge >= 0.3 is 5.97 Å². The highest BCUT2D eigenvalue weighted by Gasteiger charge is 2.07. The Kier molecular flexibility index (Phi) is 6.12. The van der Waals surface area contributed by atoms with Crippen molar-refractivity contribution in [3.8, 4) is 0 Å². The molecule has 0 aliphatic heterocycles. The van der Waals surface area contributed by atoms with E-state index in [-0.39, 0.29) is 12.2 Å². The number of hydrogen-bond donors (Lipinski definition) is 0. The Hall–Kier alpha value is -0.900. The van der Waals surface area contributed by atoms with Crippen molar-refractivity contribution < 1.29 is 14.3 Å². The predicted octanol–water partition coefficient (Wildman–Crippen LogP) is 0.849. The van der Waals surface area contributed by atoms with Gasteiger partial charge in [-0.3, -0.25) is 9.59 Å². The summed E-state index contributed by atoms with van der Waals surface area (Å²) in [6.07, 6.45) is -0.120. The van der Waals surface area contributed by atoms with Gasteiger partial charge in [0.1, 0.15) is 18.8 Å². The van der Waals surface area contributed by atoms with Gasteiger partial charge in [0.25, 0.3) is 0 Å². The van der Waals surface area contributed by atoms with Crippen molar-refractivity contribution in [3.05, 3.63) is 0 Å². The smallest absolute Gasteiger partial charge is 0.313 e. The van der Waals surface area contributed by atoms with Gasteiger partial charge in [0.05, 0.1) is 0 Å². The average molecular weight is 201 g/mol. The van der Waals surface area contributed by atoms with Crippen molar-refractivity contribution in [2.24, 2.45) is 0 Å². The summed E-state index contributed by atoms with van der Waals surface area (Å²) < 4.78 is 4.87. The van der Waals surface area contributed by atoms with Crippen molar-refractivity contribution in [1.29, 1.82) is 0 Å². The quantitative estimate of drug-likeness (QED) is 0.472. The molecule has 0 aromatic heterocycles. The van der Waals surface area contributed by atoms with E-state index in [2.05, 4.69) is 18.7 Å². The predicted molar refractivity (Wildman–Crippen MR) is 54.0 cm³/mol. The topological polar surface area (TPSA) is 46.6 Å². The molecule has 0 saturated carbocycles. The van der Waals surface area contributed by atoms with Crippen molar-refractivity contribution in [2.75, 3.05) is 20.2 Å². The lowest BCUT2D eigenvalue weighted by molar-refractivity contribution is -0.146. The van der Waals surface area contributed by atoms with E-state index in [9.17, 15) is 9.59 Å². The van der Waals surface area contributed by atoms with Gasteiger partial charge in [-0.1, -0.05) is 0 Å². The second kappa shape index (κ2) is 6.54. The minimum absolute atomic E-state index is 0.120. The Morgan fingerprint density at radius 1 is 1.36 bits per heavy atom. The van der Waals surface area contributed by atoms with Crippen LogP contribution in [0.15, 0.2) is 0 Å². The first-order chi connectivity index (χ1) is 6.43. The van der Waals surface area contributed by atoms with E-state index in [0.29, 0.717) is 19.2 Å². The number of nitrogens with zero attached hydrogens (tertiary/aromatic N) is 1. The fraction of sp³-hybridized carbons (Fsp3) is 0.800. The normalized spacial score (nSPS) is 10.7. The summed E-state index contributed by atoms with van der Waals surface area (Å²) in [5.41, 5.74) is 0. The van der Waals surface area contributed by atoms with E-state index in [1.807, 2.05) is 7.05 Å². The van der Waals surface area contributed by atoms with E-state index >= 15 is 0 Å². The number of rotatable bonds is 6. The maximum Gasteiger partial charge on any atom is 0.313 e. The van der Waals surface area contributed by atoms with Crippen LogP contribution in [0.5, 0.6) is 0 Å². The third-order valence-electron chi connectivity index (χ3n) is 1.98. The molecule has 0 aromatic carbocycles. The Balaban J connectivity index is 3.54. The second-order valence-corrected chi connectivity index (χ2v) is 3.67. The Morgan fingerprint density at radius 2 is 1.93 bits per heavy atom. The Bertz CT molecular complexity index is 202. The standard InChI is InChI=1S/C10H19NO3/c1-8(2)11(4)5-6-14-10(13)7-9(3)12/h8H,5-7H2,1-4H3. The van der Waals surface area contributed by atoms with Gasteiger partial charge < -0.3 is 9.64 Å². The molecule has 0 rings (SSSR count). The lowest BCUT2D eigenvalue weighted by atomic mass is 10.3. The zero-order chi connectivity index (χ0) is 11.1. The van der Waals surface area contributed by atoms with Crippen LogP contribution in [0.4, 0.5) is 0 Å². The summed E-state index contributed by atoms with van der Waals surface area (Å²) in [5.74, 6) is -0.595. The maximum absolute atomic E-state index is 10.9. The van der Waals surface area contributed by atoms with Crippen LogP contribution in [0.25, 0.3) is 0 Å². The molecular formula is C10H19NO3. The summed E-state index contributed by atoms with van der Waals surface area (Å²) in [6, 6.07) is 0.432. The number of ether oxygens (including phenoxy) is 1. The lowest BCUT2D eigenvalue weighted by Gasteiger charge is -2.20. The van der Waals surface area contributed by atoms with E-state index in [1.165, 1.54) is 6.92 Å². The zero-order valence-electron chi connectivity index (χ0n) is 9.37. The van der Waals surface area contributed by atoms with Gasteiger partial charge in [-0.15, -0.1) is 0 Å². The molecule has 4 heteroatoms. The second-order valence-electron chi connectivity index (χ2n) is 3.67. The maximum atomic E-state index is 10.9. The third-order valence-corrected chi connectivity index (χ3v) is 1.98. The van der Waals surface area contributed by atoms with Crippen LogP contribution < -0.4 is 0 Å². The number of esters is 1. The third kappa shape index (κ3) is 6.60. The van der Waals surface area contributed by atoms with E-state index in [1.54, 1.807) is 0 Å². The zero-order valence-corrected chi connectivity index (χ0v) is 9.37. The minimum atomic E-state index is -0.436. The first-order valence-corrected chi connectivity index (χ1v) is 4.78. The van der Waals surface area contributed by atoms with Gasteiger partial charge in [-0.25, -0.2) is 0 Å². The molecule has 0 bridgehead atoms. The summed E-state index contributed by atoms with van der Waals surface area (Å²) in [5, 5.41) is 0. The van der Waals surface area contributed by atoms with Crippen LogP contribution in [0.3, 0.4) is 0 Å². The number of Topliss-reactive ketones (excluding diaryl/α,β-unsaturated/α-hetero) is 1. The molecule has 0 aliphatic rings. The van der Waals surface area contributed by atoms with E-state index < -0.39 is 5.97 Å². The highest BCUT2D eigenvalue weighted by atomic mass is 16.5. The van der Waals surface area contributed by atoms with E-state index in [4.69, 9.17) is 4.74 Å². The number of ketones is 1. The van der Waals surface area contributed by atoms with Gasteiger partial charge in [0.15, 0.2) is 0 Å². The van der Waals surface area contributed by atoms with Crippen molar-refractivity contribution in [1.82, 2.24) is 4.90 Å². The van der Waals surface area contributed by atoms with Crippen LogP contribution in [0, 0.1) is 0 Å². The van der Waals surface area contributed by atoms with Crippen LogP contribution in [0.1, 0.15) is 27.2 Å². The Labute approximate surface area is 85.2 Å². The molecule has 0 unspecified atom stereocenters.